The molecule has 3 rings (SSSR count). The first-order valence-electron chi connectivity index (χ1n) is 9.54. The number of nitrogens with one attached hydrogen (secondary N) is 1. The highest BCUT2D eigenvalue weighted by molar-refractivity contribution is 8.00. The fourth-order valence-electron chi connectivity index (χ4n) is 3.40. The van der Waals surface area contributed by atoms with Gasteiger partial charge in [0.05, 0.1) is 22.2 Å². The predicted octanol–water partition coefficient (Wildman–Crippen LogP) is 5.21. The number of benzene rings is 1. The zero-order valence-corrected chi connectivity index (χ0v) is 18.3. The SMILES string of the molecule is CN(C(=O)CSc1ccccc1C(=O)NCc1ccc(Cl)s1)C1CCCCC1. The first-order valence-corrected chi connectivity index (χ1v) is 11.7. The summed E-state index contributed by atoms with van der Waals surface area (Å²) in [5.41, 5.74) is 0.600. The normalized spacial score (nSPS) is 14.6. The Morgan fingerprint density at radius 2 is 1.93 bits per heavy atom. The van der Waals surface area contributed by atoms with E-state index < -0.39 is 0 Å². The van der Waals surface area contributed by atoms with E-state index in [0.29, 0.717) is 28.2 Å². The Morgan fingerprint density at radius 1 is 1.18 bits per heavy atom. The number of rotatable bonds is 7. The van der Waals surface area contributed by atoms with Crippen LogP contribution in [0.3, 0.4) is 0 Å². The lowest BCUT2D eigenvalue weighted by Gasteiger charge is -2.31. The molecule has 2 aromatic rings. The Labute approximate surface area is 179 Å². The lowest BCUT2D eigenvalue weighted by molar-refractivity contribution is -0.129. The molecule has 1 aliphatic carbocycles. The highest BCUT2D eigenvalue weighted by atomic mass is 35.5. The summed E-state index contributed by atoms with van der Waals surface area (Å²) < 4.78 is 0.709. The van der Waals surface area contributed by atoms with Crippen molar-refractivity contribution in [3.8, 4) is 0 Å². The number of nitrogens with zero attached hydrogens (tertiary/aromatic N) is 1. The molecule has 1 fully saturated rings. The number of carbonyl (C=O) groups is 2. The van der Waals surface area contributed by atoms with Crippen molar-refractivity contribution in [3.63, 3.8) is 0 Å². The van der Waals surface area contributed by atoms with E-state index in [-0.39, 0.29) is 11.8 Å². The predicted molar refractivity (Wildman–Crippen MR) is 117 cm³/mol. The molecule has 0 saturated heterocycles. The largest absolute Gasteiger partial charge is 0.347 e. The van der Waals surface area contributed by atoms with Gasteiger partial charge in [-0.3, -0.25) is 9.59 Å². The van der Waals surface area contributed by atoms with Crippen LogP contribution in [0.15, 0.2) is 41.3 Å². The molecule has 0 spiro atoms. The fourth-order valence-corrected chi connectivity index (χ4v) is 5.40. The minimum atomic E-state index is -0.138. The number of hydrogen-bond donors (Lipinski definition) is 1. The van der Waals surface area contributed by atoms with Crippen LogP contribution in [0.25, 0.3) is 0 Å². The molecule has 0 bridgehead atoms. The zero-order valence-electron chi connectivity index (χ0n) is 15.9. The number of thiophene rings is 1. The highest BCUT2D eigenvalue weighted by Gasteiger charge is 2.22. The minimum absolute atomic E-state index is 0.125. The monoisotopic (exact) mass is 436 g/mol. The molecule has 150 valence electrons. The van der Waals surface area contributed by atoms with Crippen molar-refractivity contribution >= 4 is 46.5 Å². The van der Waals surface area contributed by atoms with Crippen LogP contribution in [0.4, 0.5) is 0 Å². The molecule has 0 atom stereocenters. The number of amides is 2. The van der Waals surface area contributed by atoms with Crippen molar-refractivity contribution in [2.45, 2.75) is 49.6 Å². The Morgan fingerprint density at radius 3 is 2.64 bits per heavy atom. The van der Waals surface area contributed by atoms with Crippen LogP contribution < -0.4 is 5.32 Å². The van der Waals surface area contributed by atoms with Gasteiger partial charge in [-0.15, -0.1) is 23.1 Å². The fraction of sp³-hybridized carbons (Fsp3) is 0.429. The van der Waals surface area contributed by atoms with Gasteiger partial charge in [0.15, 0.2) is 0 Å². The maximum absolute atomic E-state index is 12.6. The topological polar surface area (TPSA) is 49.4 Å². The van der Waals surface area contributed by atoms with E-state index in [4.69, 9.17) is 11.6 Å². The first kappa shape index (κ1) is 21.2. The minimum Gasteiger partial charge on any atom is -0.347 e. The molecule has 1 N–H and O–H groups in total. The van der Waals surface area contributed by atoms with Crippen LogP contribution in [0, 0.1) is 0 Å². The summed E-state index contributed by atoms with van der Waals surface area (Å²) in [7, 11) is 1.91. The van der Waals surface area contributed by atoms with E-state index in [1.54, 1.807) is 6.07 Å². The van der Waals surface area contributed by atoms with E-state index in [2.05, 4.69) is 5.32 Å². The van der Waals surface area contributed by atoms with Gasteiger partial charge >= 0.3 is 0 Å². The third-order valence-corrected chi connectivity index (χ3v) is 7.34. The standard InChI is InChI=1S/C21H25ClN2O2S2/c1-24(15-7-3-2-4-8-15)20(25)14-27-18-10-6-5-9-17(18)21(26)23-13-16-11-12-19(22)28-16/h5-6,9-12,15H,2-4,7-8,13-14H2,1H3,(H,23,26). The summed E-state index contributed by atoms with van der Waals surface area (Å²) >= 11 is 8.82. The van der Waals surface area contributed by atoms with Crippen LogP contribution in [-0.2, 0) is 11.3 Å². The number of halogens is 1. The molecular formula is C21H25ClN2O2S2. The number of carbonyl (C=O) groups excluding carboxylic acids is 2. The maximum Gasteiger partial charge on any atom is 0.252 e. The van der Waals surface area contributed by atoms with E-state index in [1.165, 1.54) is 42.4 Å². The Kier molecular flexibility index (Phi) is 7.82. The van der Waals surface area contributed by atoms with Gasteiger partial charge in [-0.05, 0) is 37.1 Å². The smallest absolute Gasteiger partial charge is 0.252 e. The summed E-state index contributed by atoms with van der Waals surface area (Å²) in [5.74, 6) is 0.332. The Balaban J connectivity index is 1.56. The van der Waals surface area contributed by atoms with Crippen LogP contribution in [0.1, 0.15) is 47.3 Å². The van der Waals surface area contributed by atoms with Gasteiger partial charge in [0.25, 0.3) is 5.91 Å². The third kappa shape index (κ3) is 5.75. The highest BCUT2D eigenvalue weighted by Crippen LogP contribution is 2.26. The van der Waals surface area contributed by atoms with Gasteiger partial charge in [0.2, 0.25) is 5.91 Å². The van der Waals surface area contributed by atoms with E-state index in [1.807, 2.05) is 42.3 Å². The molecular weight excluding hydrogens is 412 g/mol. The average molecular weight is 437 g/mol. The maximum atomic E-state index is 12.6. The molecule has 4 nitrogen and oxygen atoms in total. The average Bonchev–Trinajstić information content (AvgIpc) is 3.15. The molecule has 1 aromatic carbocycles. The molecule has 7 heteroatoms. The molecule has 0 unspecified atom stereocenters. The molecule has 1 aromatic heterocycles. The summed E-state index contributed by atoms with van der Waals surface area (Å²) in [6.45, 7) is 0.443. The molecule has 1 heterocycles. The second-order valence-corrected chi connectivity index (χ2v) is 9.79. The number of thioether (sulfide) groups is 1. The van der Waals surface area contributed by atoms with Crippen molar-refractivity contribution < 1.29 is 9.59 Å². The Hall–Kier alpha value is -1.50. The second-order valence-electron chi connectivity index (χ2n) is 6.97. The van der Waals surface area contributed by atoms with E-state index in [9.17, 15) is 9.59 Å². The van der Waals surface area contributed by atoms with Crippen molar-refractivity contribution in [2.24, 2.45) is 0 Å². The zero-order chi connectivity index (χ0) is 19.9. The molecule has 1 aliphatic rings. The summed E-state index contributed by atoms with van der Waals surface area (Å²) in [4.78, 5) is 29.0. The van der Waals surface area contributed by atoms with Crippen LogP contribution >= 0.6 is 34.7 Å². The number of hydrogen-bond acceptors (Lipinski definition) is 4. The van der Waals surface area contributed by atoms with Crippen molar-refractivity contribution in [3.05, 3.63) is 51.2 Å². The van der Waals surface area contributed by atoms with E-state index in [0.717, 1.165) is 22.6 Å². The quantitative estimate of drug-likeness (QED) is 0.605. The van der Waals surface area contributed by atoms with Crippen molar-refractivity contribution in [1.82, 2.24) is 10.2 Å². The van der Waals surface area contributed by atoms with Crippen molar-refractivity contribution in [2.75, 3.05) is 12.8 Å². The summed E-state index contributed by atoms with van der Waals surface area (Å²) in [6, 6.07) is 11.5. The van der Waals surface area contributed by atoms with Gasteiger partial charge in [-0.2, -0.15) is 0 Å². The van der Waals surface area contributed by atoms with Crippen molar-refractivity contribution in [1.29, 1.82) is 0 Å². The summed E-state index contributed by atoms with van der Waals surface area (Å²) in [6.07, 6.45) is 5.87. The third-order valence-electron chi connectivity index (χ3n) is 5.05. The van der Waals surface area contributed by atoms with Gasteiger partial charge in [0.1, 0.15) is 0 Å². The molecule has 0 aliphatic heterocycles. The second kappa shape index (κ2) is 10.3. The van der Waals surface area contributed by atoms with Gasteiger partial charge in [-0.1, -0.05) is 43.0 Å². The lowest BCUT2D eigenvalue weighted by Crippen LogP contribution is -2.39. The van der Waals surface area contributed by atoms with Gasteiger partial charge < -0.3 is 10.2 Å². The van der Waals surface area contributed by atoms with Crippen LogP contribution in [0.2, 0.25) is 4.34 Å². The van der Waals surface area contributed by atoms with Gasteiger partial charge in [-0.25, -0.2) is 0 Å². The van der Waals surface area contributed by atoms with Gasteiger partial charge in [0, 0.05) is 22.9 Å². The van der Waals surface area contributed by atoms with Crippen LogP contribution in [-0.4, -0.2) is 35.6 Å². The molecule has 2 amide bonds. The lowest BCUT2D eigenvalue weighted by atomic mass is 9.94. The van der Waals surface area contributed by atoms with Crippen LogP contribution in [0.5, 0.6) is 0 Å². The first-order chi connectivity index (χ1) is 13.5. The molecule has 28 heavy (non-hydrogen) atoms. The van der Waals surface area contributed by atoms with E-state index >= 15 is 0 Å². The molecule has 1 saturated carbocycles. The summed E-state index contributed by atoms with van der Waals surface area (Å²) in [5, 5.41) is 2.94. The molecule has 0 radical (unpaired) electrons. The Bertz CT molecular complexity index is 818.